The van der Waals surface area contributed by atoms with Crippen molar-refractivity contribution in [3.63, 3.8) is 0 Å². The largest absolute Gasteiger partial charge is 0.353 e. The first kappa shape index (κ1) is 19.2. The van der Waals surface area contributed by atoms with Gasteiger partial charge in [-0.25, -0.2) is 0 Å². The second-order valence-electron chi connectivity index (χ2n) is 8.20. The van der Waals surface area contributed by atoms with Crippen LogP contribution in [0.2, 0.25) is 5.02 Å². The van der Waals surface area contributed by atoms with Gasteiger partial charge < -0.3 is 10.2 Å². The fourth-order valence-electron chi connectivity index (χ4n) is 3.69. The predicted molar refractivity (Wildman–Crippen MR) is 104 cm³/mol. The average molecular weight is 377 g/mol. The number of carbonyl (C=O) groups is 2. The Kier molecular flexibility index (Phi) is 5.61. The van der Waals surface area contributed by atoms with Gasteiger partial charge in [0.25, 0.3) is 0 Å². The quantitative estimate of drug-likeness (QED) is 0.850. The van der Waals surface area contributed by atoms with E-state index in [9.17, 15) is 9.59 Å². The molecule has 1 aliphatic carbocycles. The number of likely N-dealkylation sites (tertiary alicyclic amines) is 1. The highest BCUT2D eigenvalue weighted by Gasteiger charge is 2.53. The molecule has 0 aromatic heterocycles. The molecule has 1 saturated carbocycles. The van der Waals surface area contributed by atoms with E-state index in [0.29, 0.717) is 24.0 Å². The Labute approximate surface area is 161 Å². The van der Waals surface area contributed by atoms with Gasteiger partial charge >= 0.3 is 0 Å². The molecule has 4 nitrogen and oxygen atoms in total. The van der Waals surface area contributed by atoms with Gasteiger partial charge in [0.05, 0.1) is 5.41 Å². The van der Waals surface area contributed by atoms with Crippen molar-refractivity contribution in [3.05, 3.63) is 34.9 Å². The van der Waals surface area contributed by atoms with Gasteiger partial charge in [-0.2, -0.15) is 0 Å². The van der Waals surface area contributed by atoms with Gasteiger partial charge in [-0.05, 0) is 56.2 Å². The molecule has 1 heterocycles. The van der Waals surface area contributed by atoms with Crippen LogP contribution in [-0.2, 0) is 15.0 Å². The van der Waals surface area contributed by atoms with E-state index < -0.39 is 0 Å². The molecule has 1 atom stereocenters. The van der Waals surface area contributed by atoms with Crippen molar-refractivity contribution in [3.8, 4) is 0 Å². The second kappa shape index (κ2) is 7.59. The number of rotatable bonds is 5. The highest BCUT2D eigenvalue weighted by atomic mass is 35.5. The Morgan fingerprint density at radius 3 is 2.38 bits per heavy atom. The average Bonchev–Trinajstić information content (AvgIpc) is 3.43. The topological polar surface area (TPSA) is 49.4 Å². The smallest absolute Gasteiger partial charge is 0.233 e. The number of amides is 2. The molecular weight excluding hydrogens is 348 g/mol. The molecule has 3 rings (SSSR count). The summed E-state index contributed by atoms with van der Waals surface area (Å²) in [7, 11) is 0. The molecule has 2 amide bonds. The van der Waals surface area contributed by atoms with Crippen LogP contribution in [0, 0.1) is 11.8 Å². The van der Waals surface area contributed by atoms with Crippen LogP contribution in [0.5, 0.6) is 0 Å². The zero-order valence-corrected chi connectivity index (χ0v) is 16.7. The van der Waals surface area contributed by atoms with E-state index in [0.717, 1.165) is 31.2 Å². The van der Waals surface area contributed by atoms with Crippen molar-refractivity contribution in [2.45, 2.75) is 57.9 Å². The van der Waals surface area contributed by atoms with Crippen molar-refractivity contribution in [2.24, 2.45) is 11.8 Å². The summed E-state index contributed by atoms with van der Waals surface area (Å²) in [5, 5.41) is 3.79. The lowest BCUT2D eigenvalue weighted by Gasteiger charge is -2.34. The molecule has 142 valence electrons. The fraction of sp³-hybridized carbons (Fsp3) is 0.619. The summed E-state index contributed by atoms with van der Waals surface area (Å²) in [6.45, 7) is 7.59. The van der Waals surface area contributed by atoms with E-state index in [4.69, 9.17) is 11.6 Å². The fourth-order valence-corrected chi connectivity index (χ4v) is 3.88. The molecule has 5 heteroatoms. The molecule has 1 unspecified atom stereocenters. The Balaban J connectivity index is 1.58. The summed E-state index contributed by atoms with van der Waals surface area (Å²) in [5.41, 5.74) is 0.646. The number of hydrogen-bond acceptors (Lipinski definition) is 2. The lowest BCUT2D eigenvalue weighted by molar-refractivity contribution is -0.138. The maximum Gasteiger partial charge on any atom is 0.233 e. The van der Waals surface area contributed by atoms with Crippen molar-refractivity contribution < 1.29 is 9.59 Å². The van der Waals surface area contributed by atoms with Gasteiger partial charge in [-0.15, -0.1) is 0 Å². The number of halogens is 1. The van der Waals surface area contributed by atoms with E-state index in [2.05, 4.69) is 19.2 Å². The Morgan fingerprint density at radius 2 is 1.85 bits per heavy atom. The van der Waals surface area contributed by atoms with Crippen molar-refractivity contribution in [1.29, 1.82) is 0 Å². The van der Waals surface area contributed by atoms with Gasteiger partial charge in [0.15, 0.2) is 0 Å². The molecule has 2 aliphatic rings. The number of nitrogens with zero attached hydrogens (tertiary/aromatic N) is 1. The van der Waals surface area contributed by atoms with Gasteiger partial charge in [-0.1, -0.05) is 37.6 Å². The summed E-state index contributed by atoms with van der Waals surface area (Å²) in [4.78, 5) is 27.5. The summed E-state index contributed by atoms with van der Waals surface area (Å²) in [5.74, 6) is 0.776. The number of piperidine rings is 1. The molecule has 1 aliphatic heterocycles. The minimum atomic E-state index is -0.383. The molecule has 0 radical (unpaired) electrons. The van der Waals surface area contributed by atoms with Crippen LogP contribution < -0.4 is 5.32 Å². The lowest BCUT2D eigenvalue weighted by Crippen LogP contribution is -2.48. The molecule has 0 spiro atoms. The van der Waals surface area contributed by atoms with Crippen LogP contribution in [-0.4, -0.2) is 35.8 Å². The zero-order valence-electron chi connectivity index (χ0n) is 15.9. The van der Waals surface area contributed by atoms with E-state index in [1.165, 1.54) is 0 Å². The summed E-state index contributed by atoms with van der Waals surface area (Å²) >= 11 is 6.12. The highest BCUT2D eigenvalue weighted by molar-refractivity contribution is 6.30. The summed E-state index contributed by atoms with van der Waals surface area (Å²) < 4.78 is 0. The zero-order chi connectivity index (χ0) is 18.9. The van der Waals surface area contributed by atoms with Crippen molar-refractivity contribution in [2.75, 3.05) is 13.1 Å². The van der Waals surface area contributed by atoms with E-state index in [-0.39, 0.29) is 29.2 Å². The molecular formula is C21H29ClN2O2. The first-order chi connectivity index (χ1) is 12.3. The van der Waals surface area contributed by atoms with Crippen molar-refractivity contribution in [1.82, 2.24) is 10.2 Å². The molecule has 1 aromatic rings. The third-order valence-electron chi connectivity index (χ3n) is 6.06. The van der Waals surface area contributed by atoms with E-state index in [1.807, 2.05) is 36.1 Å². The van der Waals surface area contributed by atoms with Crippen LogP contribution in [0.4, 0.5) is 0 Å². The number of carbonyl (C=O) groups excluding carboxylic acids is 2. The molecule has 1 N–H and O–H groups in total. The summed E-state index contributed by atoms with van der Waals surface area (Å²) in [6.07, 6.45) is 3.26. The van der Waals surface area contributed by atoms with Gasteiger partial charge in [0.2, 0.25) is 11.8 Å². The Hall–Kier alpha value is -1.55. The summed E-state index contributed by atoms with van der Waals surface area (Å²) in [6, 6.07) is 7.86. The molecule has 26 heavy (non-hydrogen) atoms. The lowest BCUT2D eigenvalue weighted by atomic mass is 9.90. The number of benzene rings is 1. The number of hydrogen-bond donors (Lipinski definition) is 1. The standard InChI is InChI=1S/C21H29ClN2O2/c1-14(2)15(3)23-19(25)16-7-11-24(12-8-16)20(26)21(9-10-21)17-5-4-6-18(22)13-17/h4-6,13-16H,7-12H2,1-3H3,(H,23,25). The van der Waals surface area contributed by atoms with Crippen LogP contribution in [0.15, 0.2) is 24.3 Å². The molecule has 1 aromatic carbocycles. The SMILES string of the molecule is CC(C)C(C)NC(=O)C1CCN(C(=O)C2(c3cccc(Cl)c3)CC2)CC1. The third-order valence-corrected chi connectivity index (χ3v) is 6.29. The third kappa shape index (κ3) is 3.90. The number of nitrogens with one attached hydrogen (secondary N) is 1. The van der Waals surface area contributed by atoms with Crippen LogP contribution in [0.3, 0.4) is 0 Å². The normalized spacial score (nSPS) is 20.7. The van der Waals surface area contributed by atoms with Crippen LogP contribution in [0.25, 0.3) is 0 Å². The van der Waals surface area contributed by atoms with Gasteiger partial charge in [-0.3, -0.25) is 9.59 Å². The maximum absolute atomic E-state index is 13.1. The monoisotopic (exact) mass is 376 g/mol. The second-order valence-corrected chi connectivity index (χ2v) is 8.64. The first-order valence-corrected chi connectivity index (χ1v) is 10.1. The Morgan fingerprint density at radius 1 is 1.19 bits per heavy atom. The van der Waals surface area contributed by atoms with E-state index >= 15 is 0 Å². The van der Waals surface area contributed by atoms with Crippen molar-refractivity contribution >= 4 is 23.4 Å². The highest BCUT2D eigenvalue weighted by Crippen LogP contribution is 2.50. The molecule has 1 saturated heterocycles. The Bertz CT molecular complexity index is 676. The predicted octanol–water partition coefficient (Wildman–Crippen LogP) is 3.77. The first-order valence-electron chi connectivity index (χ1n) is 9.69. The van der Waals surface area contributed by atoms with Crippen LogP contribution in [0.1, 0.15) is 52.0 Å². The minimum Gasteiger partial charge on any atom is -0.353 e. The maximum atomic E-state index is 13.1. The van der Waals surface area contributed by atoms with E-state index in [1.54, 1.807) is 0 Å². The molecule has 0 bridgehead atoms. The minimum absolute atomic E-state index is 0.0153. The molecule has 2 fully saturated rings. The van der Waals surface area contributed by atoms with Gasteiger partial charge in [0.1, 0.15) is 0 Å². The van der Waals surface area contributed by atoms with Gasteiger partial charge in [0, 0.05) is 30.1 Å². The van der Waals surface area contributed by atoms with Crippen LogP contribution >= 0.6 is 11.6 Å².